The predicted molar refractivity (Wildman–Crippen MR) is 71.7 cm³/mol. The summed E-state index contributed by atoms with van der Waals surface area (Å²) in [7, 11) is 1.85. The van der Waals surface area contributed by atoms with E-state index in [0.717, 1.165) is 5.82 Å². The predicted octanol–water partition coefficient (Wildman–Crippen LogP) is 3.11. The van der Waals surface area contributed by atoms with Gasteiger partial charge in [0.15, 0.2) is 0 Å². The van der Waals surface area contributed by atoms with Gasteiger partial charge < -0.3 is 10.3 Å². The second-order valence-electron chi connectivity index (χ2n) is 5.46. The Balaban J connectivity index is 2.65. The molecule has 0 fully saturated rings. The van der Waals surface area contributed by atoms with Crippen molar-refractivity contribution in [2.24, 2.45) is 7.05 Å². The lowest BCUT2D eigenvalue weighted by atomic mass is 9.96. The largest absolute Gasteiger partial charge is 0.383 e. The Kier molecular flexibility index (Phi) is 2.89. The number of nitrogen functional groups attached to an aromatic ring is 1. The summed E-state index contributed by atoms with van der Waals surface area (Å²) in [5.41, 5.74) is 6.86. The van der Waals surface area contributed by atoms with Gasteiger partial charge in [0, 0.05) is 18.0 Å². The molecule has 4 heteroatoms. The Morgan fingerprint density at radius 3 is 2.33 bits per heavy atom. The lowest BCUT2D eigenvalue weighted by Crippen LogP contribution is -2.17. The van der Waals surface area contributed by atoms with E-state index in [2.05, 4.69) is 25.8 Å². The lowest BCUT2D eigenvalue weighted by molar-refractivity contribution is 0.524. The van der Waals surface area contributed by atoms with E-state index in [4.69, 9.17) is 5.73 Å². The minimum atomic E-state index is -0.303. The van der Waals surface area contributed by atoms with Gasteiger partial charge in [-0.25, -0.2) is 9.37 Å². The van der Waals surface area contributed by atoms with Crippen LogP contribution < -0.4 is 5.73 Å². The molecule has 2 N–H and O–H groups in total. The molecule has 1 aromatic carbocycles. The van der Waals surface area contributed by atoms with Crippen LogP contribution in [0.2, 0.25) is 0 Å². The Morgan fingerprint density at radius 2 is 1.83 bits per heavy atom. The summed E-state index contributed by atoms with van der Waals surface area (Å²) in [6.45, 7) is 6.17. The van der Waals surface area contributed by atoms with E-state index < -0.39 is 0 Å². The summed E-state index contributed by atoms with van der Waals surface area (Å²) in [6, 6.07) is 6.55. The minimum Gasteiger partial charge on any atom is -0.383 e. The second-order valence-corrected chi connectivity index (χ2v) is 5.46. The monoisotopic (exact) mass is 247 g/mol. The van der Waals surface area contributed by atoms with Crippen molar-refractivity contribution >= 4 is 5.82 Å². The van der Waals surface area contributed by atoms with Crippen LogP contribution in [0, 0.1) is 5.82 Å². The summed E-state index contributed by atoms with van der Waals surface area (Å²) < 4.78 is 15.6. The van der Waals surface area contributed by atoms with Gasteiger partial charge >= 0.3 is 0 Å². The number of anilines is 1. The van der Waals surface area contributed by atoms with Crippen molar-refractivity contribution in [3.8, 4) is 11.3 Å². The average molecular weight is 247 g/mol. The van der Waals surface area contributed by atoms with E-state index in [-0.39, 0.29) is 11.2 Å². The summed E-state index contributed by atoms with van der Waals surface area (Å²) in [6.07, 6.45) is 0. The van der Waals surface area contributed by atoms with E-state index >= 15 is 0 Å². The Labute approximate surface area is 106 Å². The molecule has 0 aliphatic rings. The number of imidazole rings is 1. The van der Waals surface area contributed by atoms with Crippen molar-refractivity contribution in [3.63, 3.8) is 0 Å². The highest BCUT2D eigenvalue weighted by Gasteiger charge is 2.24. The summed E-state index contributed by atoms with van der Waals surface area (Å²) in [4.78, 5) is 4.51. The molecule has 0 unspecified atom stereocenters. The van der Waals surface area contributed by atoms with Crippen molar-refractivity contribution in [1.29, 1.82) is 0 Å². The average Bonchev–Trinajstić information content (AvgIpc) is 2.57. The van der Waals surface area contributed by atoms with Crippen LogP contribution >= 0.6 is 0 Å². The fraction of sp³-hybridized carbons (Fsp3) is 0.357. The van der Waals surface area contributed by atoms with E-state index in [9.17, 15) is 4.39 Å². The van der Waals surface area contributed by atoms with Crippen LogP contribution in [0.15, 0.2) is 24.3 Å². The van der Waals surface area contributed by atoms with Crippen LogP contribution in [0.25, 0.3) is 11.3 Å². The molecule has 0 aliphatic heterocycles. The number of halogens is 1. The zero-order chi connectivity index (χ0) is 13.5. The molecule has 0 saturated carbocycles. The van der Waals surface area contributed by atoms with Crippen LogP contribution in [0.4, 0.5) is 10.2 Å². The number of rotatable bonds is 1. The molecule has 0 atom stereocenters. The van der Waals surface area contributed by atoms with E-state index in [1.165, 1.54) is 6.07 Å². The van der Waals surface area contributed by atoms with Gasteiger partial charge in [-0.3, -0.25) is 0 Å². The summed E-state index contributed by atoms with van der Waals surface area (Å²) >= 11 is 0. The zero-order valence-corrected chi connectivity index (χ0v) is 11.2. The SMILES string of the molecule is Cn1c(C(C)(C)C)nc(-c2ccccc2F)c1N. The highest BCUT2D eigenvalue weighted by atomic mass is 19.1. The van der Waals surface area contributed by atoms with Gasteiger partial charge in [0.05, 0.1) is 0 Å². The maximum Gasteiger partial charge on any atom is 0.132 e. The molecule has 0 amide bonds. The Hall–Kier alpha value is -1.84. The Morgan fingerprint density at radius 1 is 1.22 bits per heavy atom. The van der Waals surface area contributed by atoms with E-state index in [1.807, 2.05) is 11.6 Å². The van der Waals surface area contributed by atoms with E-state index in [1.54, 1.807) is 18.2 Å². The van der Waals surface area contributed by atoms with Gasteiger partial charge in [0.1, 0.15) is 23.2 Å². The normalized spacial score (nSPS) is 11.8. The van der Waals surface area contributed by atoms with Crippen LogP contribution in [0.3, 0.4) is 0 Å². The molecule has 2 aromatic rings. The third kappa shape index (κ3) is 1.98. The topological polar surface area (TPSA) is 43.8 Å². The standard InChI is InChI=1S/C14H18FN3/c1-14(2,3)13-17-11(12(16)18(13)4)9-7-5-6-8-10(9)15/h5-8H,16H2,1-4H3. The summed E-state index contributed by atoms with van der Waals surface area (Å²) in [5, 5.41) is 0. The number of nitrogens with two attached hydrogens (primary N) is 1. The third-order valence-corrected chi connectivity index (χ3v) is 2.94. The van der Waals surface area contributed by atoms with Gasteiger partial charge in [-0.05, 0) is 12.1 Å². The smallest absolute Gasteiger partial charge is 0.132 e. The molecule has 3 nitrogen and oxygen atoms in total. The molecule has 18 heavy (non-hydrogen) atoms. The third-order valence-electron chi connectivity index (χ3n) is 2.94. The van der Waals surface area contributed by atoms with Crippen molar-refractivity contribution in [3.05, 3.63) is 35.9 Å². The van der Waals surface area contributed by atoms with Gasteiger partial charge in [0.25, 0.3) is 0 Å². The molecular formula is C14H18FN3. The van der Waals surface area contributed by atoms with Crippen LogP contribution in [0.5, 0.6) is 0 Å². The van der Waals surface area contributed by atoms with Gasteiger partial charge in [0.2, 0.25) is 0 Å². The first-order valence-corrected chi connectivity index (χ1v) is 5.90. The molecule has 0 saturated heterocycles. The summed E-state index contributed by atoms with van der Waals surface area (Å²) in [5.74, 6) is 1.03. The van der Waals surface area contributed by atoms with Crippen LogP contribution in [-0.4, -0.2) is 9.55 Å². The van der Waals surface area contributed by atoms with Crippen molar-refractivity contribution in [1.82, 2.24) is 9.55 Å². The first kappa shape index (κ1) is 12.6. The number of benzene rings is 1. The molecule has 0 bridgehead atoms. The molecule has 0 radical (unpaired) electrons. The zero-order valence-electron chi connectivity index (χ0n) is 11.2. The Bertz CT molecular complexity index is 579. The first-order valence-electron chi connectivity index (χ1n) is 5.90. The quantitative estimate of drug-likeness (QED) is 0.841. The van der Waals surface area contributed by atoms with Gasteiger partial charge in [-0.15, -0.1) is 0 Å². The van der Waals surface area contributed by atoms with Crippen molar-refractivity contribution < 1.29 is 4.39 Å². The van der Waals surface area contributed by atoms with Crippen LogP contribution in [-0.2, 0) is 12.5 Å². The molecule has 0 spiro atoms. The number of hydrogen-bond donors (Lipinski definition) is 1. The van der Waals surface area contributed by atoms with E-state index in [0.29, 0.717) is 17.1 Å². The number of aromatic nitrogens is 2. The van der Waals surface area contributed by atoms with Crippen molar-refractivity contribution in [2.45, 2.75) is 26.2 Å². The highest BCUT2D eigenvalue weighted by Crippen LogP contribution is 2.31. The van der Waals surface area contributed by atoms with Crippen LogP contribution in [0.1, 0.15) is 26.6 Å². The molecule has 96 valence electrons. The van der Waals surface area contributed by atoms with Crippen molar-refractivity contribution in [2.75, 3.05) is 5.73 Å². The van der Waals surface area contributed by atoms with Gasteiger partial charge in [-0.2, -0.15) is 0 Å². The molecule has 2 rings (SSSR count). The highest BCUT2D eigenvalue weighted by molar-refractivity contribution is 5.71. The molecule has 0 aliphatic carbocycles. The number of hydrogen-bond acceptors (Lipinski definition) is 2. The maximum atomic E-state index is 13.8. The maximum absolute atomic E-state index is 13.8. The number of nitrogens with zero attached hydrogens (tertiary/aromatic N) is 2. The first-order chi connectivity index (χ1) is 8.32. The fourth-order valence-corrected chi connectivity index (χ4v) is 2.03. The fourth-order valence-electron chi connectivity index (χ4n) is 2.03. The molecule has 1 heterocycles. The minimum absolute atomic E-state index is 0.133. The van der Waals surface area contributed by atoms with Gasteiger partial charge in [-0.1, -0.05) is 32.9 Å². The molecule has 1 aromatic heterocycles. The second kappa shape index (κ2) is 4.12. The molecular weight excluding hydrogens is 229 g/mol. The lowest BCUT2D eigenvalue weighted by Gasteiger charge is -2.17.